The van der Waals surface area contributed by atoms with Gasteiger partial charge in [-0.25, -0.2) is 9.97 Å². The molecule has 0 fully saturated rings. The van der Waals surface area contributed by atoms with Crippen LogP contribution in [-0.4, -0.2) is 14.5 Å². The molecule has 0 aliphatic rings. The van der Waals surface area contributed by atoms with Crippen LogP contribution in [-0.2, 0) is 6.42 Å². The number of aryl methyl sites for hydroxylation is 1. The second-order valence-corrected chi connectivity index (χ2v) is 5.63. The van der Waals surface area contributed by atoms with Gasteiger partial charge in [0.15, 0.2) is 0 Å². The molecule has 2 aromatic heterocycles. The maximum atomic E-state index is 5.99. The van der Waals surface area contributed by atoms with Crippen LogP contribution < -0.4 is 5.73 Å². The summed E-state index contributed by atoms with van der Waals surface area (Å²) in [6, 6.07) is 10.1. The van der Waals surface area contributed by atoms with Gasteiger partial charge in [-0.1, -0.05) is 22.9 Å². The third kappa shape index (κ3) is 2.56. The summed E-state index contributed by atoms with van der Waals surface area (Å²) in [6.07, 6.45) is 6.25. The SMILES string of the molecule is CCc1cc(Br)ccc1-n1cncc1-c1cccnc1N. The van der Waals surface area contributed by atoms with Crippen molar-refractivity contribution in [3.8, 4) is 16.9 Å². The molecule has 21 heavy (non-hydrogen) atoms. The molecule has 0 aliphatic carbocycles. The highest BCUT2D eigenvalue weighted by atomic mass is 79.9. The van der Waals surface area contributed by atoms with Crippen LogP contribution in [0.4, 0.5) is 5.82 Å². The Hall–Kier alpha value is -2.14. The van der Waals surface area contributed by atoms with E-state index >= 15 is 0 Å². The van der Waals surface area contributed by atoms with Gasteiger partial charge in [0.1, 0.15) is 5.82 Å². The number of nitrogen functional groups attached to an aromatic ring is 1. The fraction of sp³-hybridized carbons (Fsp3) is 0.125. The lowest BCUT2D eigenvalue weighted by atomic mass is 10.1. The molecular weight excluding hydrogens is 328 g/mol. The van der Waals surface area contributed by atoms with Crippen molar-refractivity contribution >= 4 is 21.7 Å². The predicted octanol–water partition coefficient (Wildman–Crippen LogP) is 3.84. The molecule has 0 bridgehead atoms. The van der Waals surface area contributed by atoms with Crippen molar-refractivity contribution in [3.63, 3.8) is 0 Å². The van der Waals surface area contributed by atoms with E-state index in [-0.39, 0.29) is 0 Å². The van der Waals surface area contributed by atoms with E-state index in [1.54, 1.807) is 6.20 Å². The molecule has 0 atom stereocenters. The van der Waals surface area contributed by atoms with Crippen molar-refractivity contribution in [2.75, 3.05) is 5.73 Å². The van der Waals surface area contributed by atoms with Gasteiger partial charge in [0.25, 0.3) is 0 Å². The highest BCUT2D eigenvalue weighted by molar-refractivity contribution is 9.10. The first-order valence-corrected chi connectivity index (χ1v) is 7.52. The third-order valence-corrected chi connectivity index (χ3v) is 3.93. The molecule has 0 aliphatic heterocycles. The number of rotatable bonds is 3. The molecule has 4 nitrogen and oxygen atoms in total. The molecule has 0 radical (unpaired) electrons. The molecule has 0 amide bonds. The fourth-order valence-corrected chi connectivity index (χ4v) is 2.80. The van der Waals surface area contributed by atoms with Crippen LogP contribution in [0, 0.1) is 0 Å². The summed E-state index contributed by atoms with van der Waals surface area (Å²) in [4.78, 5) is 8.44. The van der Waals surface area contributed by atoms with Crippen molar-refractivity contribution in [1.29, 1.82) is 0 Å². The standard InChI is InChI=1S/C16H15BrN4/c1-2-11-8-12(17)5-6-14(11)21-10-19-9-15(21)13-4-3-7-20-16(13)18/h3-10H,2H2,1H3,(H2,18,20). The van der Waals surface area contributed by atoms with Gasteiger partial charge >= 0.3 is 0 Å². The number of pyridine rings is 1. The number of hydrogen-bond acceptors (Lipinski definition) is 3. The lowest BCUT2D eigenvalue weighted by Crippen LogP contribution is -2.02. The van der Waals surface area contributed by atoms with E-state index in [1.807, 2.05) is 30.7 Å². The molecule has 0 spiro atoms. The molecule has 1 aromatic carbocycles. The first-order valence-electron chi connectivity index (χ1n) is 6.72. The van der Waals surface area contributed by atoms with E-state index in [2.05, 4.69) is 49.5 Å². The van der Waals surface area contributed by atoms with Crippen LogP contribution in [0.2, 0.25) is 0 Å². The zero-order chi connectivity index (χ0) is 14.8. The van der Waals surface area contributed by atoms with E-state index in [0.717, 1.165) is 27.8 Å². The summed E-state index contributed by atoms with van der Waals surface area (Å²) < 4.78 is 3.13. The lowest BCUT2D eigenvalue weighted by molar-refractivity contribution is 1.01. The minimum Gasteiger partial charge on any atom is -0.383 e. The number of nitrogens with zero attached hydrogens (tertiary/aromatic N) is 3. The van der Waals surface area contributed by atoms with Gasteiger partial charge in [-0.2, -0.15) is 0 Å². The number of hydrogen-bond donors (Lipinski definition) is 1. The Kier molecular flexibility index (Phi) is 3.75. The normalized spacial score (nSPS) is 10.8. The fourth-order valence-electron chi connectivity index (χ4n) is 2.39. The van der Waals surface area contributed by atoms with E-state index in [9.17, 15) is 0 Å². The van der Waals surface area contributed by atoms with Crippen LogP contribution in [0.25, 0.3) is 16.9 Å². The number of benzene rings is 1. The number of imidazole rings is 1. The van der Waals surface area contributed by atoms with Crippen molar-refractivity contribution in [3.05, 3.63) is 59.1 Å². The van der Waals surface area contributed by atoms with Crippen LogP contribution in [0.3, 0.4) is 0 Å². The van der Waals surface area contributed by atoms with Crippen molar-refractivity contribution in [2.45, 2.75) is 13.3 Å². The van der Waals surface area contributed by atoms with Crippen molar-refractivity contribution in [2.24, 2.45) is 0 Å². The minimum absolute atomic E-state index is 0.509. The lowest BCUT2D eigenvalue weighted by Gasteiger charge is -2.13. The molecule has 3 aromatic rings. The topological polar surface area (TPSA) is 56.7 Å². The maximum Gasteiger partial charge on any atom is 0.132 e. The molecule has 106 valence electrons. The zero-order valence-electron chi connectivity index (χ0n) is 11.6. The Balaban J connectivity index is 2.18. The first kappa shape index (κ1) is 13.8. The van der Waals surface area contributed by atoms with Crippen molar-refractivity contribution < 1.29 is 0 Å². The highest BCUT2D eigenvalue weighted by Gasteiger charge is 2.12. The average Bonchev–Trinajstić information content (AvgIpc) is 2.96. The van der Waals surface area contributed by atoms with Gasteiger partial charge in [-0.05, 0) is 42.3 Å². The van der Waals surface area contributed by atoms with Crippen LogP contribution >= 0.6 is 15.9 Å². The average molecular weight is 343 g/mol. The summed E-state index contributed by atoms with van der Waals surface area (Å²) in [5.41, 5.74) is 10.2. The molecule has 2 heterocycles. The Morgan fingerprint density at radius 2 is 2.14 bits per heavy atom. The Morgan fingerprint density at radius 1 is 1.29 bits per heavy atom. The molecule has 5 heteroatoms. The summed E-state index contributed by atoms with van der Waals surface area (Å²) in [5, 5.41) is 0. The van der Waals surface area contributed by atoms with Gasteiger partial charge < -0.3 is 5.73 Å². The molecule has 3 rings (SSSR count). The molecule has 2 N–H and O–H groups in total. The second-order valence-electron chi connectivity index (χ2n) is 4.71. The largest absolute Gasteiger partial charge is 0.383 e. The third-order valence-electron chi connectivity index (χ3n) is 3.43. The van der Waals surface area contributed by atoms with Gasteiger partial charge in [-0.15, -0.1) is 0 Å². The van der Waals surface area contributed by atoms with Gasteiger partial charge in [0.2, 0.25) is 0 Å². The molecule has 0 unspecified atom stereocenters. The monoisotopic (exact) mass is 342 g/mol. The second kappa shape index (κ2) is 5.69. The Labute approximate surface area is 131 Å². The van der Waals surface area contributed by atoms with Gasteiger partial charge in [0, 0.05) is 16.2 Å². The quantitative estimate of drug-likeness (QED) is 0.786. The minimum atomic E-state index is 0.509. The van der Waals surface area contributed by atoms with Crippen LogP contribution in [0.1, 0.15) is 12.5 Å². The van der Waals surface area contributed by atoms with Crippen LogP contribution in [0.15, 0.2) is 53.5 Å². The zero-order valence-corrected chi connectivity index (χ0v) is 13.2. The first-order chi connectivity index (χ1) is 10.2. The molecule has 0 saturated carbocycles. The van der Waals surface area contributed by atoms with E-state index in [1.165, 1.54) is 5.56 Å². The summed E-state index contributed by atoms with van der Waals surface area (Å²) in [7, 11) is 0. The maximum absolute atomic E-state index is 5.99. The van der Waals surface area contributed by atoms with Crippen molar-refractivity contribution in [1.82, 2.24) is 14.5 Å². The Bertz CT molecular complexity index is 779. The molecular formula is C16H15BrN4. The van der Waals surface area contributed by atoms with Crippen LogP contribution in [0.5, 0.6) is 0 Å². The number of aromatic nitrogens is 3. The summed E-state index contributed by atoms with van der Waals surface area (Å²) in [6.45, 7) is 2.14. The highest BCUT2D eigenvalue weighted by Crippen LogP contribution is 2.29. The molecule has 0 saturated heterocycles. The van der Waals surface area contributed by atoms with Gasteiger partial charge in [-0.3, -0.25) is 4.57 Å². The smallest absolute Gasteiger partial charge is 0.132 e. The Morgan fingerprint density at radius 3 is 2.90 bits per heavy atom. The number of halogens is 1. The summed E-state index contributed by atoms with van der Waals surface area (Å²) in [5.74, 6) is 0.509. The number of nitrogens with two attached hydrogens (primary N) is 1. The number of anilines is 1. The van der Waals surface area contributed by atoms with E-state index in [4.69, 9.17) is 5.73 Å². The predicted molar refractivity (Wildman–Crippen MR) is 88.3 cm³/mol. The van der Waals surface area contributed by atoms with E-state index < -0.39 is 0 Å². The van der Waals surface area contributed by atoms with Gasteiger partial charge in [0.05, 0.1) is 23.9 Å². The van der Waals surface area contributed by atoms with E-state index in [0.29, 0.717) is 5.82 Å². The summed E-state index contributed by atoms with van der Waals surface area (Å²) >= 11 is 3.52.